The largest absolute Gasteiger partial charge is 0.465 e. The lowest BCUT2D eigenvalue weighted by molar-refractivity contribution is 0.454. The minimum Gasteiger partial charge on any atom is -0.465 e. The Hall–Kier alpha value is -2.12. The highest BCUT2D eigenvalue weighted by Crippen LogP contribution is 2.30. The Kier molecular flexibility index (Phi) is 3.80. The fourth-order valence-electron chi connectivity index (χ4n) is 2.99. The molecule has 0 fully saturated rings. The number of nitrogens with zero attached hydrogens (tertiary/aromatic N) is 2. The van der Waals surface area contributed by atoms with E-state index in [1.54, 1.807) is 18.5 Å². The third kappa shape index (κ3) is 2.74. The van der Waals surface area contributed by atoms with Crippen LogP contribution < -0.4 is 4.72 Å². The second kappa shape index (κ2) is 5.46. The molecule has 0 spiro atoms. The second-order valence-electron chi connectivity index (χ2n) is 6.50. The first-order chi connectivity index (χ1) is 11.1. The molecule has 0 atom stereocenters. The summed E-state index contributed by atoms with van der Waals surface area (Å²) in [6.07, 6.45) is 0. The maximum atomic E-state index is 12.8. The fourth-order valence-corrected chi connectivity index (χ4v) is 4.61. The molecule has 3 rings (SSSR count). The Balaban J connectivity index is 2.06. The molecule has 2 heterocycles. The molecule has 0 bridgehead atoms. The molecule has 7 heteroatoms. The van der Waals surface area contributed by atoms with E-state index in [2.05, 4.69) is 9.82 Å². The number of benzene rings is 1. The highest BCUT2D eigenvalue weighted by atomic mass is 32.2. The molecule has 2 aromatic heterocycles. The van der Waals surface area contributed by atoms with Crippen molar-refractivity contribution in [1.29, 1.82) is 0 Å². The highest BCUT2D eigenvalue weighted by Gasteiger charge is 2.33. The Labute approximate surface area is 141 Å². The predicted octanol–water partition coefficient (Wildman–Crippen LogP) is 3.00. The summed E-state index contributed by atoms with van der Waals surface area (Å²) in [7, 11) is -1.88. The standard InChI is InChI=1S/C17H21N3O3S/c1-11-10-15(12(2)23-11)24(21,22)19-17(3,4)16-13-8-6-7-9-14(13)20(5)18-16/h6-10,19H,1-5H3. The Morgan fingerprint density at radius 1 is 1.21 bits per heavy atom. The number of fused-ring (bicyclic) bond motifs is 1. The maximum Gasteiger partial charge on any atom is 0.244 e. The van der Waals surface area contributed by atoms with Gasteiger partial charge in [0.1, 0.15) is 16.4 Å². The van der Waals surface area contributed by atoms with Gasteiger partial charge in [0.2, 0.25) is 10.0 Å². The molecule has 0 aliphatic heterocycles. The van der Waals surface area contributed by atoms with E-state index in [-0.39, 0.29) is 4.90 Å². The van der Waals surface area contributed by atoms with Gasteiger partial charge < -0.3 is 4.42 Å². The number of furan rings is 1. The van der Waals surface area contributed by atoms with Gasteiger partial charge in [0, 0.05) is 12.4 Å². The normalized spacial score (nSPS) is 12.9. The van der Waals surface area contributed by atoms with E-state index in [0.29, 0.717) is 17.2 Å². The number of hydrogen-bond donors (Lipinski definition) is 1. The molecule has 0 saturated carbocycles. The van der Waals surface area contributed by atoms with Crippen LogP contribution in [0, 0.1) is 13.8 Å². The van der Waals surface area contributed by atoms with Gasteiger partial charge >= 0.3 is 0 Å². The van der Waals surface area contributed by atoms with Crippen molar-refractivity contribution in [2.75, 3.05) is 0 Å². The van der Waals surface area contributed by atoms with Gasteiger partial charge in [0.15, 0.2) is 0 Å². The molecule has 0 aliphatic carbocycles. The lowest BCUT2D eigenvalue weighted by atomic mass is 9.99. The third-order valence-electron chi connectivity index (χ3n) is 4.02. The monoisotopic (exact) mass is 347 g/mol. The van der Waals surface area contributed by atoms with Crippen LogP contribution in [0.25, 0.3) is 10.9 Å². The van der Waals surface area contributed by atoms with Gasteiger partial charge in [0.25, 0.3) is 0 Å². The van der Waals surface area contributed by atoms with E-state index in [9.17, 15) is 8.42 Å². The number of nitrogens with one attached hydrogen (secondary N) is 1. The summed E-state index contributed by atoms with van der Waals surface area (Å²) < 4.78 is 35.5. The third-order valence-corrected chi connectivity index (χ3v) is 5.79. The van der Waals surface area contributed by atoms with Crippen LogP contribution in [0.2, 0.25) is 0 Å². The number of rotatable bonds is 4. The van der Waals surface area contributed by atoms with Crippen molar-refractivity contribution in [3.05, 3.63) is 47.5 Å². The van der Waals surface area contributed by atoms with Gasteiger partial charge in [-0.3, -0.25) is 4.68 Å². The van der Waals surface area contributed by atoms with E-state index in [1.165, 1.54) is 6.07 Å². The van der Waals surface area contributed by atoms with Crippen LogP contribution in [0.1, 0.15) is 31.1 Å². The van der Waals surface area contributed by atoms with Crippen LogP contribution in [-0.2, 0) is 22.6 Å². The lowest BCUT2D eigenvalue weighted by Gasteiger charge is -2.24. The molecule has 0 unspecified atom stereocenters. The lowest BCUT2D eigenvalue weighted by Crippen LogP contribution is -2.41. The minimum atomic E-state index is -3.73. The molecule has 3 aromatic rings. The number of sulfonamides is 1. The smallest absolute Gasteiger partial charge is 0.244 e. The number of para-hydroxylation sites is 1. The van der Waals surface area contributed by atoms with Gasteiger partial charge in [-0.1, -0.05) is 18.2 Å². The maximum absolute atomic E-state index is 12.8. The average Bonchev–Trinajstić information content (AvgIpc) is 2.99. The molecule has 0 saturated heterocycles. The molecular formula is C17H21N3O3S. The second-order valence-corrected chi connectivity index (χ2v) is 8.15. The van der Waals surface area contributed by atoms with Crippen molar-refractivity contribution in [2.24, 2.45) is 7.05 Å². The first-order valence-electron chi connectivity index (χ1n) is 7.65. The summed E-state index contributed by atoms with van der Waals surface area (Å²) in [6, 6.07) is 9.29. The molecule has 128 valence electrons. The molecule has 1 aromatic carbocycles. The minimum absolute atomic E-state index is 0.160. The summed E-state index contributed by atoms with van der Waals surface area (Å²) in [5.74, 6) is 0.940. The zero-order chi connectivity index (χ0) is 17.7. The van der Waals surface area contributed by atoms with Gasteiger partial charge in [-0.25, -0.2) is 8.42 Å². The van der Waals surface area contributed by atoms with Gasteiger partial charge in [-0.2, -0.15) is 9.82 Å². The Morgan fingerprint density at radius 2 is 1.88 bits per heavy atom. The van der Waals surface area contributed by atoms with E-state index in [0.717, 1.165) is 10.9 Å². The summed E-state index contributed by atoms with van der Waals surface area (Å²) >= 11 is 0. The van der Waals surface area contributed by atoms with Gasteiger partial charge in [0.05, 0.1) is 16.7 Å². The average molecular weight is 347 g/mol. The van der Waals surface area contributed by atoms with Crippen molar-refractivity contribution in [3.63, 3.8) is 0 Å². The highest BCUT2D eigenvalue weighted by molar-refractivity contribution is 7.89. The van der Waals surface area contributed by atoms with Crippen LogP contribution in [0.4, 0.5) is 0 Å². The van der Waals surface area contributed by atoms with Crippen molar-refractivity contribution in [1.82, 2.24) is 14.5 Å². The number of aryl methyl sites for hydroxylation is 3. The van der Waals surface area contributed by atoms with Crippen molar-refractivity contribution >= 4 is 20.9 Å². The summed E-state index contributed by atoms with van der Waals surface area (Å²) in [5.41, 5.74) is 0.759. The summed E-state index contributed by atoms with van der Waals surface area (Å²) in [6.45, 7) is 6.98. The van der Waals surface area contributed by atoms with E-state index in [4.69, 9.17) is 4.42 Å². The van der Waals surface area contributed by atoms with E-state index in [1.807, 2.05) is 45.2 Å². The summed E-state index contributed by atoms with van der Waals surface area (Å²) in [4.78, 5) is 0.160. The Bertz CT molecular complexity index is 1010. The van der Waals surface area contributed by atoms with E-state index < -0.39 is 15.6 Å². The zero-order valence-electron chi connectivity index (χ0n) is 14.4. The van der Waals surface area contributed by atoms with Crippen molar-refractivity contribution < 1.29 is 12.8 Å². The van der Waals surface area contributed by atoms with Crippen LogP contribution in [0.3, 0.4) is 0 Å². The zero-order valence-corrected chi connectivity index (χ0v) is 15.2. The van der Waals surface area contributed by atoms with Gasteiger partial charge in [-0.05, 0) is 39.8 Å². The topological polar surface area (TPSA) is 77.1 Å². The van der Waals surface area contributed by atoms with Crippen LogP contribution in [0.5, 0.6) is 0 Å². The van der Waals surface area contributed by atoms with Crippen molar-refractivity contribution in [3.8, 4) is 0 Å². The van der Waals surface area contributed by atoms with Crippen LogP contribution in [0.15, 0.2) is 39.6 Å². The number of aromatic nitrogens is 2. The fraction of sp³-hybridized carbons (Fsp3) is 0.353. The molecular weight excluding hydrogens is 326 g/mol. The Morgan fingerprint density at radius 3 is 2.50 bits per heavy atom. The molecule has 24 heavy (non-hydrogen) atoms. The van der Waals surface area contributed by atoms with E-state index >= 15 is 0 Å². The number of hydrogen-bond acceptors (Lipinski definition) is 4. The first kappa shape index (κ1) is 16.7. The first-order valence-corrected chi connectivity index (χ1v) is 9.13. The van der Waals surface area contributed by atoms with Crippen LogP contribution in [-0.4, -0.2) is 18.2 Å². The molecule has 6 nitrogen and oxygen atoms in total. The molecule has 1 N–H and O–H groups in total. The molecule has 0 radical (unpaired) electrons. The predicted molar refractivity (Wildman–Crippen MR) is 92.2 cm³/mol. The summed E-state index contributed by atoms with van der Waals surface area (Å²) in [5, 5.41) is 5.46. The van der Waals surface area contributed by atoms with Crippen molar-refractivity contribution in [2.45, 2.75) is 38.1 Å². The van der Waals surface area contributed by atoms with Gasteiger partial charge in [-0.15, -0.1) is 0 Å². The quantitative estimate of drug-likeness (QED) is 0.787. The molecule has 0 amide bonds. The van der Waals surface area contributed by atoms with Crippen LogP contribution >= 0.6 is 0 Å². The molecule has 0 aliphatic rings. The SMILES string of the molecule is Cc1cc(S(=O)(=O)NC(C)(C)c2nn(C)c3ccccc23)c(C)o1.